The van der Waals surface area contributed by atoms with Crippen molar-refractivity contribution in [1.82, 2.24) is 17.5 Å². The lowest BCUT2D eigenvalue weighted by Crippen LogP contribution is -2.40. The number of nitrogens with zero attached hydrogens (tertiary/aromatic N) is 4. The first-order valence-corrected chi connectivity index (χ1v) is 36.8. The van der Waals surface area contributed by atoms with E-state index in [-0.39, 0.29) is 27.9 Å². The van der Waals surface area contributed by atoms with E-state index in [1.165, 1.54) is 63.1 Å². The van der Waals surface area contributed by atoms with Crippen LogP contribution in [0.25, 0.3) is 63.8 Å². The molecule has 88 heavy (non-hydrogen) atoms. The molecule has 0 radical (unpaired) electrons. The van der Waals surface area contributed by atoms with Crippen LogP contribution < -0.4 is 18.9 Å². The van der Waals surface area contributed by atoms with Crippen molar-refractivity contribution in [2.75, 3.05) is 26.4 Å². The van der Waals surface area contributed by atoms with Gasteiger partial charge in [0.1, 0.15) is 33.7 Å². The molecule has 0 amide bonds. The Morgan fingerprint density at radius 1 is 0.420 bits per heavy atom. The first kappa shape index (κ1) is 69.4. The number of rotatable bonds is 32. The molecular formula is C73H100F2N4O4S5. The van der Waals surface area contributed by atoms with E-state index in [1.54, 1.807) is 11.3 Å². The summed E-state index contributed by atoms with van der Waals surface area (Å²) in [5.41, 5.74) is 5.50. The van der Waals surface area contributed by atoms with Crippen molar-refractivity contribution in [2.24, 2.45) is 23.7 Å². The van der Waals surface area contributed by atoms with E-state index in [0.29, 0.717) is 65.4 Å². The quantitative estimate of drug-likeness (QED) is 0.0412. The number of aromatic nitrogens is 4. The molecule has 3 aromatic carbocycles. The van der Waals surface area contributed by atoms with Gasteiger partial charge in [0.05, 0.1) is 61.0 Å². The summed E-state index contributed by atoms with van der Waals surface area (Å²) in [5, 5.41) is 0. The van der Waals surface area contributed by atoms with Crippen molar-refractivity contribution in [3.8, 4) is 64.8 Å². The first-order chi connectivity index (χ1) is 41.9. The van der Waals surface area contributed by atoms with Crippen LogP contribution >= 0.6 is 57.5 Å². The third-order valence-corrected chi connectivity index (χ3v) is 23.8. The van der Waals surface area contributed by atoms with Gasteiger partial charge in [-0.2, -0.15) is 17.5 Å². The maximum atomic E-state index is 17.2. The molecule has 15 heteroatoms. The number of hydrogen-bond donors (Lipinski definition) is 0. The van der Waals surface area contributed by atoms with E-state index in [0.717, 1.165) is 154 Å². The molecule has 0 aliphatic carbocycles. The molecule has 0 aliphatic rings. The molecule has 0 spiro atoms. The number of benzene rings is 3. The number of hydrogen-bond acceptors (Lipinski definition) is 13. The van der Waals surface area contributed by atoms with Crippen molar-refractivity contribution in [1.29, 1.82) is 0 Å². The second-order valence-corrected chi connectivity index (χ2v) is 32.1. The molecule has 0 bridgehead atoms. The third kappa shape index (κ3) is 15.0. The van der Waals surface area contributed by atoms with E-state index in [2.05, 4.69) is 143 Å². The van der Waals surface area contributed by atoms with E-state index >= 15 is 8.78 Å². The van der Waals surface area contributed by atoms with Gasteiger partial charge in [-0.25, -0.2) is 8.78 Å². The normalized spacial score (nSPS) is 14.0. The third-order valence-electron chi connectivity index (χ3n) is 18.7. The van der Waals surface area contributed by atoms with Gasteiger partial charge in [-0.05, 0) is 102 Å². The minimum absolute atomic E-state index is 0.0474. The number of halogens is 2. The highest BCUT2D eigenvalue weighted by Crippen LogP contribution is 2.58. The number of fused-ring (bicyclic) bond motifs is 2. The molecule has 4 unspecified atom stereocenters. The monoisotopic (exact) mass is 1290 g/mol. The van der Waals surface area contributed by atoms with Crippen molar-refractivity contribution >= 4 is 79.5 Å². The molecule has 0 saturated carbocycles. The van der Waals surface area contributed by atoms with E-state index < -0.39 is 22.5 Å². The maximum Gasteiger partial charge on any atom is 0.172 e. The van der Waals surface area contributed by atoms with Crippen LogP contribution in [0.15, 0.2) is 48.5 Å². The standard InChI is InChI=1S/C73H100F2N4O4S5/c1-19-26-29-45(23-5)41-81-67-59(55-35-36-56(86-55)70(9,10)11)63-65(79-88-77-63)61(69(67)83-43-47(25-7)31-28-21-3)73(17,18)72(15,16)57-37-34-53(85-57)49-39-50(74)48(38-51(49)75)52-32-33-54(84-52)58-62-64(78-87-76-62)60(71(12,13)14)68(66(58)80-40-44(8)22-4)82-42-46(24-6)30-27-20-2/h32-39,44-47H,19-31,40-43H2,1-18H3. The zero-order chi connectivity index (χ0) is 63.9. The molecule has 8 aromatic rings. The van der Waals surface area contributed by atoms with Gasteiger partial charge in [0.25, 0.3) is 0 Å². The minimum atomic E-state index is -0.672. The number of thiophene rings is 3. The molecule has 5 heterocycles. The Bertz CT molecular complexity index is 3570. The van der Waals surface area contributed by atoms with Gasteiger partial charge in [-0.15, -0.1) is 34.0 Å². The average molecular weight is 1300 g/mol. The first-order valence-electron chi connectivity index (χ1n) is 32.9. The summed E-state index contributed by atoms with van der Waals surface area (Å²) in [6.45, 7) is 42.3. The zero-order valence-electron chi connectivity index (χ0n) is 56.2. The van der Waals surface area contributed by atoms with Crippen LogP contribution in [0, 0.1) is 35.3 Å². The van der Waals surface area contributed by atoms with Gasteiger partial charge in [0.2, 0.25) is 0 Å². The lowest BCUT2D eigenvalue weighted by Gasteiger charge is -2.43. The molecule has 5 aromatic heterocycles. The Balaban J connectivity index is 1.21. The van der Waals surface area contributed by atoms with Crippen molar-refractivity contribution < 1.29 is 27.7 Å². The highest BCUT2D eigenvalue weighted by molar-refractivity contribution is 7.19. The molecular weight excluding hydrogens is 1200 g/mol. The fourth-order valence-corrected chi connectivity index (χ4v) is 16.3. The van der Waals surface area contributed by atoms with Crippen molar-refractivity contribution in [3.63, 3.8) is 0 Å². The molecule has 4 atom stereocenters. The van der Waals surface area contributed by atoms with Crippen LogP contribution in [0.1, 0.15) is 229 Å². The molecule has 0 N–H and O–H groups in total. The summed E-state index contributed by atoms with van der Waals surface area (Å²) in [5.74, 6) is 3.19. The fourth-order valence-electron chi connectivity index (χ4n) is 11.7. The van der Waals surface area contributed by atoms with Crippen molar-refractivity contribution in [2.45, 2.75) is 230 Å². The largest absolute Gasteiger partial charge is 0.489 e. The summed E-state index contributed by atoms with van der Waals surface area (Å²) in [6, 6.07) is 15.1. The van der Waals surface area contributed by atoms with E-state index in [1.807, 2.05) is 18.2 Å². The zero-order valence-corrected chi connectivity index (χ0v) is 60.3. The van der Waals surface area contributed by atoms with Crippen LogP contribution in [0.2, 0.25) is 0 Å². The van der Waals surface area contributed by atoms with Gasteiger partial charge in [0, 0.05) is 62.3 Å². The SMILES string of the molecule is CCCCC(CC)COc1c(OCC(CC)CCCC)c(C(C)(C)C(C)(C)c2ccc(-c3cc(F)c(-c4ccc(-c5c(OCC(C)CC)c(OCC(CC)CCCC)c(C(C)(C)C)c6nsnc56)s4)cc3F)s2)c2nsnc2c1-c1ccc(C(C)(C)C)s1. The van der Waals surface area contributed by atoms with Crippen molar-refractivity contribution in [3.05, 3.63) is 81.0 Å². The topological polar surface area (TPSA) is 88.5 Å². The predicted octanol–water partition coefficient (Wildman–Crippen LogP) is 23.9. The van der Waals surface area contributed by atoms with Gasteiger partial charge in [-0.1, -0.05) is 189 Å². The molecule has 0 saturated heterocycles. The van der Waals surface area contributed by atoms with Gasteiger partial charge < -0.3 is 18.9 Å². The predicted molar refractivity (Wildman–Crippen MR) is 375 cm³/mol. The maximum absolute atomic E-state index is 17.2. The number of unbranched alkanes of at least 4 members (excludes halogenated alkanes) is 3. The van der Waals surface area contributed by atoms with Crippen LogP contribution in [0.4, 0.5) is 8.78 Å². The minimum Gasteiger partial charge on any atom is -0.489 e. The lowest BCUT2D eigenvalue weighted by atomic mass is 9.62. The van der Waals surface area contributed by atoms with E-state index in [9.17, 15) is 0 Å². The van der Waals surface area contributed by atoms with Crippen LogP contribution in [-0.2, 0) is 21.7 Å². The highest BCUT2D eigenvalue weighted by Gasteiger charge is 2.47. The summed E-state index contributed by atoms with van der Waals surface area (Å²) in [4.78, 5) is 5.44. The molecule has 0 aliphatic heterocycles. The Labute approximate surface area is 546 Å². The summed E-state index contributed by atoms with van der Waals surface area (Å²) >= 11 is 7.09. The van der Waals surface area contributed by atoms with Crippen LogP contribution in [-0.4, -0.2) is 43.9 Å². The second-order valence-electron chi connectivity index (χ2n) is 27.8. The average Bonchev–Trinajstić information content (AvgIpc) is 1.56. The van der Waals surface area contributed by atoms with Gasteiger partial charge in [0.15, 0.2) is 23.0 Å². The Hall–Kier alpha value is -4.54. The Kier molecular flexibility index (Phi) is 23.5. The second kappa shape index (κ2) is 29.8. The van der Waals surface area contributed by atoms with Gasteiger partial charge >= 0.3 is 0 Å². The molecule has 0 fully saturated rings. The number of ether oxygens (including phenoxy) is 4. The smallest absolute Gasteiger partial charge is 0.172 e. The highest BCUT2D eigenvalue weighted by atomic mass is 32.1. The van der Waals surface area contributed by atoms with Crippen LogP contribution in [0.5, 0.6) is 23.0 Å². The van der Waals surface area contributed by atoms with E-state index in [4.69, 9.17) is 36.4 Å². The van der Waals surface area contributed by atoms with Gasteiger partial charge in [-0.3, -0.25) is 0 Å². The molecule has 480 valence electrons. The summed E-state index contributed by atoms with van der Waals surface area (Å²) in [7, 11) is 0. The summed E-state index contributed by atoms with van der Waals surface area (Å²) < 4.78 is 83.0. The molecule has 8 rings (SSSR count). The molecule has 8 nitrogen and oxygen atoms in total. The summed E-state index contributed by atoms with van der Waals surface area (Å²) in [6.07, 6.45) is 14.0. The Morgan fingerprint density at radius 2 is 0.807 bits per heavy atom. The Morgan fingerprint density at radius 3 is 1.26 bits per heavy atom. The van der Waals surface area contributed by atoms with Crippen LogP contribution in [0.3, 0.4) is 0 Å². The fraction of sp³-hybridized carbons (Fsp3) is 0.589. The lowest BCUT2D eigenvalue weighted by molar-refractivity contribution is 0.193.